The van der Waals surface area contributed by atoms with Crippen molar-refractivity contribution in [2.75, 3.05) is 0 Å². The molecule has 6 heteroatoms. The Hall–Kier alpha value is -0.620. The average molecular weight is 259 g/mol. The molecule has 3 nitrogen and oxygen atoms in total. The van der Waals surface area contributed by atoms with Crippen molar-refractivity contribution in [3.8, 4) is 0 Å². The molecular weight excluding hydrogens is 252 g/mol. The van der Waals surface area contributed by atoms with Gasteiger partial charge in [-0.05, 0) is 17.7 Å². The molecule has 0 amide bonds. The number of hydrogen-bond acceptors (Lipinski definition) is 5. The van der Waals surface area contributed by atoms with Gasteiger partial charge in [0.25, 0.3) is 0 Å². The number of benzene rings is 1. The fourth-order valence-corrected chi connectivity index (χ4v) is 2.78. The monoisotopic (exact) mass is 258 g/mol. The molecule has 78 valence electrons. The Bertz CT molecular complexity index is 447. The summed E-state index contributed by atoms with van der Waals surface area (Å²) < 4.78 is 0.855. The third-order valence-corrected chi connectivity index (χ3v) is 3.99. The Morgan fingerprint density at radius 1 is 1.47 bits per heavy atom. The largest absolute Gasteiger partial charge is 0.392 e. The molecule has 0 saturated carbocycles. The highest BCUT2D eigenvalue weighted by Crippen LogP contribution is 2.34. The Morgan fingerprint density at radius 3 is 2.93 bits per heavy atom. The maximum atomic E-state index is 8.92. The summed E-state index contributed by atoms with van der Waals surface area (Å²) in [6, 6.07) is 5.47. The van der Waals surface area contributed by atoms with Crippen LogP contribution in [0.5, 0.6) is 0 Å². The highest BCUT2D eigenvalue weighted by Gasteiger charge is 2.05. The van der Waals surface area contributed by atoms with Crippen LogP contribution in [0.1, 0.15) is 5.56 Å². The van der Waals surface area contributed by atoms with Crippen LogP contribution in [-0.4, -0.2) is 15.3 Å². The molecular formula is C9H7ClN2OS2. The molecule has 0 saturated heterocycles. The smallest absolute Gasteiger partial charge is 0.178 e. The second kappa shape index (κ2) is 4.94. The Labute approximate surface area is 100 Å². The maximum absolute atomic E-state index is 8.92. The van der Waals surface area contributed by atoms with Crippen molar-refractivity contribution >= 4 is 34.7 Å². The summed E-state index contributed by atoms with van der Waals surface area (Å²) in [5.74, 6) is 0. The van der Waals surface area contributed by atoms with E-state index in [0.29, 0.717) is 5.02 Å². The van der Waals surface area contributed by atoms with Gasteiger partial charge in [0.15, 0.2) is 4.34 Å². The third kappa shape index (κ3) is 2.69. The Morgan fingerprint density at radius 2 is 2.33 bits per heavy atom. The predicted molar refractivity (Wildman–Crippen MR) is 61.4 cm³/mol. The summed E-state index contributed by atoms with van der Waals surface area (Å²) in [4.78, 5) is 0.922. The van der Waals surface area contributed by atoms with Gasteiger partial charge in [-0.1, -0.05) is 40.8 Å². The fourth-order valence-electron chi connectivity index (χ4n) is 1.03. The van der Waals surface area contributed by atoms with E-state index in [-0.39, 0.29) is 6.61 Å². The SMILES string of the molecule is OCc1ccc(Sc2nncs2)c(Cl)c1. The molecule has 0 radical (unpaired) electrons. The highest BCUT2D eigenvalue weighted by atomic mass is 35.5. The van der Waals surface area contributed by atoms with Crippen LogP contribution in [-0.2, 0) is 6.61 Å². The van der Waals surface area contributed by atoms with E-state index in [4.69, 9.17) is 16.7 Å². The molecule has 0 aliphatic rings. The Kier molecular flexibility index (Phi) is 3.58. The summed E-state index contributed by atoms with van der Waals surface area (Å²) in [5.41, 5.74) is 2.49. The van der Waals surface area contributed by atoms with E-state index in [1.165, 1.54) is 23.1 Å². The molecule has 2 rings (SSSR count). The van der Waals surface area contributed by atoms with Gasteiger partial charge in [0.2, 0.25) is 0 Å². The zero-order valence-corrected chi connectivity index (χ0v) is 9.94. The topological polar surface area (TPSA) is 46.0 Å². The lowest BCUT2D eigenvalue weighted by molar-refractivity contribution is 0.282. The molecule has 0 aliphatic carbocycles. The molecule has 0 spiro atoms. The zero-order chi connectivity index (χ0) is 10.7. The summed E-state index contributed by atoms with van der Waals surface area (Å²) in [6.45, 7) is 0.00345. The minimum Gasteiger partial charge on any atom is -0.392 e. The second-order valence-electron chi connectivity index (χ2n) is 2.73. The van der Waals surface area contributed by atoms with Crippen molar-refractivity contribution in [3.63, 3.8) is 0 Å². The van der Waals surface area contributed by atoms with Crippen molar-refractivity contribution < 1.29 is 5.11 Å². The van der Waals surface area contributed by atoms with E-state index in [1.54, 1.807) is 11.6 Å². The second-order valence-corrected chi connectivity index (χ2v) is 5.26. The fraction of sp³-hybridized carbons (Fsp3) is 0.111. The highest BCUT2D eigenvalue weighted by molar-refractivity contribution is 8.01. The molecule has 1 aromatic heterocycles. The maximum Gasteiger partial charge on any atom is 0.178 e. The first kappa shape index (κ1) is 10.9. The normalized spacial score (nSPS) is 10.5. The lowest BCUT2D eigenvalue weighted by atomic mass is 10.2. The van der Waals surface area contributed by atoms with E-state index in [2.05, 4.69) is 10.2 Å². The zero-order valence-electron chi connectivity index (χ0n) is 7.55. The van der Waals surface area contributed by atoms with E-state index in [1.807, 2.05) is 12.1 Å². The van der Waals surface area contributed by atoms with Gasteiger partial charge in [-0.25, -0.2) is 0 Å². The van der Waals surface area contributed by atoms with Crippen LogP contribution in [0.15, 0.2) is 32.9 Å². The number of aliphatic hydroxyl groups excluding tert-OH is 1. The van der Waals surface area contributed by atoms with Crippen LogP contribution in [0, 0.1) is 0 Å². The standard InChI is InChI=1S/C9H7ClN2OS2/c10-7-3-6(4-13)1-2-8(7)15-9-12-11-5-14-9/h1-3,5,13H,4H2. The number of halogens is 1. The van der Waals surface area contributed by atoms with Crippen LogP contribution in [0.25, 0.3) is 0 Å². The first-order valence-corrected chi connectivity index (χ1v) is 6.20. The molecule has 0 atom stereocenters. The van der Waals surface area contributed by atoms with Gasteiger partial charge >= 0.3 is 0 Å². The van der Waals surface area contributed by atoms with E-state index in [9.17, 15) is 0 Å². The van der Waals surface area contributed by atoms with E-state index in [0.717, 1.165) is 14.8 Å². The van der Waals surface area contributed by atoms with Crippen molar-refractivity contribution in [1.29, 1.82) is 0 Å². The van der Waals surface area contributed by atoms with Gasteiger partial charge in [0.05, 0.1) is 11.6 Å². The van der Waals surface area contributed by atoms with Gasteiger partial charge in [-0.15, -0.1) is 10.2 Å². The quantitative estimate of drug-likeness (QED) is 0.920. The van der Waals surface area contributed by atoms with Crippen LogP contribution in [0.2, 0.25) is 5.02 Å². The molecule has 1 heterocycles. The van der Waals surface area contributed by atoms with Crippen molar-refractivity contribution in [1.82, 2.24) is 10.2 Å². The molecule has 0 fully saturated rings. The lowest BCUT2D eigenvalue weighted by Crippen LogP contribution is -1.83. The van der Waals surface area contributed by atoms with Crippen molar-refractivity contribution in [2.24, 2.45) is 0 Å². The van der Waals surface area contributed by atoms with Crippen LogP contribution >= 0.6 is 34.7 Å². The third-order valence-electron chi connectivity index (χ3n) is 1.72. The summed E-state index contributed by atoms with van der Waals surface area (Å²) in [6.07, 6.45) is 0. The number of aliphatic hydroxyl groups is 1. The summed E-state index contributed by atoms with van der Waals surface area (Å²) >= 11 is 8.99. The van der Waals surface area contributed by atoms with Crippen LogP contribution in [0.4, 0.5) is 0 Å². The average Bonchev–Trinajstić information content (AvgIpc) is 2.74. The first-order chi connectivity index (χ1) is 7.29. The molecule has 0 bridgehead atoms. The number of nitrogens with zero attached hydrogens (tertiary/aromatic N) is 2. The predicted octanol–water partition coefficient (Wildman–Crippen LogP) is 2.84. The molecule has 2 aromatic rings. The van der Waals surface area contributed by atoms with Crippen molar-refractivity contribution in [3.05, 3.63) is 34.3 Å². The number of hydrogen-bond donors (Lipinski definition) is 1. The molecule has 1 aromatic carbocycles. The summed E-state index contributed by atoms with van der Waals surface area (Å²) in [7, 11) is 0. The molecule has 15 heavy (non-hydrogen) atoms. The number of rotatable bonds is 3. The van der Waals surface area contributed by atoms with Crippen molar-refractivity contribution in [2.45, 2.75) is 15.8 Å². The van der Waals surface area contributed by atoms with Gasteiger partial charge in [0, 0.05) is 4.90 Å². The summed E-state index contributed by atoms with van der Waals surface area (Å²) in [5, 5.41) is 17.2. The van der Waals surface area contributed by atoms with Crippen LogP contribution < -0.4 is 0 Å². The molecule has 1 N–H and O–H groups in total. The minimum atomic E-state index is 0.00345. The van der Waals surface area contributed by atoms with Gasteiger partial charge in [-0.3, -0.25) is 0 Å². The van der Waals surface area contributed by atoms with Gasteiger partial charge in [-0.2, -0.15) is 0 Å². The molecule has 0 aliphatic heterocycles. The van der Waals surface area contributed by atoms with Gasteiger partial charge < -0.3 is 5.11 Å². The number of aromatic nitrogens is 2. The Balaban J connectivity index is 2.22. The minimum absolute atomic E-state index is 0.00345. The molecule has 0 unspecified atom stereocenters. The van der Waals surface area contributed by atoms with Crippen LogP contribution in [0.3, 0.4) is 0 Å². The van der Waals surface area contributed by atoms with E-state index < -0.39 is 0 Å². The van der Waals surface area contributed by atoms with Gasteiger partial charge in [0.1, 0.15) is 5.51 Å². The first-order valence-electron chi connectivity index (χ1n) is 4.13. The van der Waals surface area contributed by atoms with E-state index >= 15 is 0 Å². The lowest BCUT2D eigenvalue weighted by Gasteiger charge is -2.02.